The Morgan fingerprint density at radius 2 is 1.95 bits per heavy atom. The number of aryl methyl sites for hydroxylation is 2. The molecular weight excluding hydrogens is 250 g/mol. The molecule has 0 radical (unpaired) electrons. The normalized spacial score (nSPS) is 12.2. The van der Waals surface area contributed by atoms with Crippen molar-refractivity contribution in [2.45, 2.75) is 39.8 Å². The molecule has 0 aliphatic carbocycles. The average Bonchev–Trinajstić information content (AvgIpc) is 2.94. The van der Waals surface area contributed by atoms with Gasteiger partial charge in [0, 0.05) is 12.7 Å². The second kappa shape index (κ2) is 6.37. The van der Waals surface area contributed by atoms with Gasteiger partial charge in [-0.3, -0.25) is 9.48 Å². The highest BCUT2D eigenvalue weighted by Crippen LogP contribution is 2.17. The molecule has 1 heterocycles. The highest BCUT2D eigenvalue weighted by Gasteiger charge is 2.15. The molecule has 0 saturated heterocycles. The highest BCUT2D eigenvalue weighted by atomic mass is 16.2. The molecule has 0 aliphatic rings. The van der Waals surface area contributed by atoms with E-state index in [-0.39, 0.29) is 11.9 Å². The first-order valence-electron chi connectivity index (χ1n) is 7.05. The third-order valence-corrected chi connectivity index (χ3v) is 3.39. The molecule has 1 aromatic carbocycles. The molecule has 0 unspecified atom stereocenters. The van der Waals surface area contributed by atoms with Crippen LogP contribution in [0.25, 0.3) is 0 Å². The molecule has 0 fully saturated rings. The van der Waals surface area contributed by atoms with Crippen LogP contribution < -0.4 is 5.32 Å². The fourth-order valence-electron chi connectivity index (χ4n) is 2.11. The average molecular weight is 271 g/mol. The number of hydrogen-bond donors (Lipinski definition) is 1. The van der Waals surface area contributed by atoms with Gasteiger partial charge < -0.3 is 5.32 Å². The highest BCUT2D eigenvalue weighted by molar-refractivity contribution is 5.92. The summed E-state index contributed by atoms with van der Waals surface area (Å²) in [7, 11) is 0. The summed E-state index contributed by atoms with van der Waals surface area (Å²) in [5.41, 5.74) is 2.82. The van der Waals surface area contributed by atoms with E-state index >= 15 is 0 Å². The molecule has 1 amide bonds. The molecular formula is C16H21N3O. The number of carbonyl (C=O) groups is 1. The Balaban J connectivity index is 2.09. The smallest absolute Gasteiger partial charge is 0.272 e. The van der Waals surface area contributed by atoms with Crippen molar-refractivity contribution >= 4 is 5.91 Å². The van der Waals surface area contributed by atoms with Gasteiger partial charge in [-0.05, 0) is 31.9 Å². The van der Waals surface area contributed by atoms with Crippen molar-refractivity contribution in [2.75, 3.05) is 0 Å². The first kappa shape index (κ1) is 14.3. The van der Waals surface area contributed by atoms with Crippen molar-refractivity contribution < 1.29 is 4.79 Å². The van der Waals surface area contributed by atoms with Crippen molar-refractivity contribution in [1.82, 2.24) is 15.1 Å². The van der Waals surface area contributed by atoms with Crippen LogP contribution in [-0.4, -0.2) is 15.7 Å². The maximum absolute atomic E-state index is 12.2. The molecule has 20 heavy (non-hydrogen) atoms. The summed E-state index contributed by atoms with van der Waals surface area (Å²) >= 11 is 0. The second-order valence-electron chi connectivity index (χ2n) is 4.90. The van der Waals surface area contributed by atoms with Gasteiger partial charge in [-0.2, -0.15) is 5.10 Å². The lowest BCUT2D eigenvalue weighted by Gasteiger charge is -2.17. The lowest BCUT2D eigenvalue weighted by atomic mass is 10.0. The van der Waals surface area contributed by atoms with Crippen LogP contribution in [0.15, 0.2) is 36.5 Å². The van der Waals surface area contributed by atoms with E-state index in [4.69, 9.17) is 0 Å². The first-order chi connectivity index (χ1) is 9.63. The molecule has 0 bridgehead atoms. The van der Waals surface area contributed by atoms with Gasteiger partial charge in [-0.15, -0.1) is 0 Å². The Labute approximate surface area is 119 Å². The zero-order valence-electron chi connectivity index (χ0n) is 12.3. The Kier molecular flexibility index (Phi) is 4.56. The van der Waals surface area contributed by atoms with E-state index in [9.17, 15) is 4.79 Å². The fourth-order valence-corrected chi connectivity index (χ4v) is 2.11. The van der Waals surface area contributed by atoms with Gasteiger partial charge >= 0.3 is 0 Å². The van der Waals surface area contributed by atoms with Crippen LogP contribution in [0.5, 0.6) is 0 Å². The number of hydrogen-bond acceptors (Lipinski definition) is 2. The van der Waals surface area contributed by atoms with Gasteiger partial charge in [0.15, 0.2) is 0 Å². The maximum atomic E-state index is 12.2. The molecule has 2 rings (SSSR count). The standard InChI is InChI=1S/C16H21N3O/c1-4-14(13-8-6-12(3)7-9-13)17-16(20)15-10-11-19(5-2)18-15/h6-11,14H,4-5H2,1-3H3,(H,17,20)/t14-/m0/s1. The molecule has 0 spiro atoms. The monoisotopic (exact) mass is 271 g/mol. The van der Waals surface area contributed by atoms with Crippen LogP contribution in [-0.2, 0) is 6.54 Å². The minimum absolute atomic E-state index is 0.0230. The molecule has 1 N–H and O–H groups in total. The lowest BCUT2D eigenvalue weighted by molar-refractivity contribution is 0.0929. The van der Waals surface area contributed by atoms with Gasteiger partial charge in [0.2, 0.25) is 0 Å². The molecule has 0 aliphatic heterocycles. The van der Waals surface area contributed by atoms with Crippen molar-refractivity contribution in [3.05, 3.63) is 53.3 Å². The number of carbonyl (C=O) groups excluding carboxylic acids is 1. The Bertz CT molecular complexity index is 572. The van der Waals surface area contributed by atoms with Crippen LogP contribution in [0.2, 0.25) is 0 Å². The van der Waals surface area contributed by atoms with Gasteiger partial charge in [0.25, 0.3) is 5.91 Å². The molecule has 1 atom stereocenters. The molecule has 2 aromatic rings. The predicted molar refractivity (Wildman–Crippen MR) is 79.6 cm³/mol. The number of aromatic nitrogens is 2. The molecule has 4 nitrogen and oxygen atoms in total. The predicted octanol–water partition coefficient (Wildman–Crippen LogP) is 3.09. The summed E-state index contributed by atoms with van der Waals surface area (Å²) in [5.74, 6) is -0.121. The van der Waals surface area contributed by atoms with E-state index in [2.05, 4.69) is 48.5 Å². The Morgan fingerprint density at radius 1 is 1.25 bits per heavy atom. The Hall–Kier alpha value is -2.10. The third-order valence-electron chi connectivity index (χ3n) is 3.39. The summed E-state index contributed by atoms with van der Waals surface area (Å²) in [5, 5.41) is 7.27. The van der Waals surface area contributed by atoms with Gasteiger partial charge in [-0.1, -0.05) is 36.8 Å². The fraction of sp³-hybridized carbons (Fsp3) is 0.375. The summed E-state index contributed by atoms with van der Waals surface area (Å²) in [6, 6.07) is 10.0. The number of nitrogens with one attached hydrogen (secondary N) is 1. The zero-order valence-corrected chi connectivity index (χ0v) is 12.3. The summed E-state index contributed by atoms with van der Waals surface area (Å²) in [6.07, 6.45) is 2.67. The second-order valence-corrected chi connectivity index (χ2v) is 4.90. The number of nitrogens with zero attached hydrogens (tertiary/aromatic N) is 2. The van der Waals surface area contributed by atoms with E-state index in [1.165, 1.54) is 5.56 Å². The zero-order chi connectivity index (χ0) is 14.5. The quantitative estimate of drug-likeness (QED) is 0.908. The lowest BCUT2D eigenvalue weighted by Crippen LogP contribution is -2.28. The van der Waals surface area contributed by atoms with Crippen molar-refractivity contribution in [2.24, 2.45) is 0 Å². The molecule has 4 heteroatoms. The van der Waals surface area contributed by atoms with Gasteiger partial charge in [0.1, 0.15) is 5.69 Å². The molecule has 0 saturated carbocycles. The van der Waals surface area contributed by atoms with Crippen LogP contribution >= 0.6 is 0 Å². The van der Waals surface area contributed by atoms with Crippen LogP contribution in [0.4, 0.5) is 0 Å². The molecule has 1 aromatic heterocycles. The Morgan fingerprint density at radius 3 is 2.50 bits per heavy atom. The summed E-state index contributed by atoms with van der Waals surface area (Å²) < 4.78 is 1.75. The summed E-state index contributed by atoms with van der Waals surface area (Å²) in [4.78, 5) is 12.2. The van der Waals surface area contributed by atoms with E-state index in [1.807, 2.05) is 13.1 Å². The number of benzene rings is 1. The van der Waals surface area contributed by atoms with Crippen LogP contribution in [0, 0.1) is 6.92 Å². The van der Waals surface area contributed by atoms with Crippen molar-refractivity contribution in [3.8, 4) is 0 Å². The SMILES string of the molecule is CC[C@H](NC(=O)c1ccn(CC)n1)c1ccc(C)cc1. The van der Waals surface area contributed by atoms with Gasteiger partial charge in [0.05, 0.1) is 6.04 Å². The third kappa shape index (κ3) is 3.26. The van der Waals surface area contributed by atoms with Crippen molar-refractivity contribution in [1.29, 1.82) is 0 Å². The summed E-state index contributed by atoms with van der Waals surface area (Å²) in [6.45, 7) is 6.88. The van der Waals surface area contributed by atoms with E-state index in [0.29, 0.717) is 5.69 Å². The first-order valence-corrected chi connectivity index (χ1v) is 7.05. The maximum Gasteiger partial charge on any atom is 0.272 e. The van der Waals surface area contributed by atoms with E-state index in [0.717, 1.165) is 18.5 Å². The minimum atomic E-state index is -0.121. The van der Waals surface area contributed by atoms with E-state index in [1.54, 1.807) is 10.7 Å². The van der Waals surface area contributed by atoms with Crippen LogP contribution in [0.3, 0.4) is 0 Å². The topological polar surface area (TPSA) is 46.9 Å². The van der Waals surface area contributed by atoms with Gasteiger partial charge in [-0.25, -0.2) is 0 Å². The largest absolute Gasteiger partial charge is 0.344 e. The molecule has 106 valence electrons. The number of rotatable bonds is 5. The van der Waals surface area contributed by atoms with E-state index < -0.39 is 0 Å². The minimum Gasteiger partial charge on any atom is -0.344 e. The van der Waals surface area contributed by atoms with Crippen LogP contribution in [0.1, 0.15) is 47.9 Å². The number of amides is 1. The van der Waals surface area contributed by atoms with Crippen molar-refractivity contribution in [3.63, 3.8) is 0 Å².